The number of aliphatic hydroxyl groups excluding tert-OH is 4. The van der Waals surface area contributed by atoms with E-state index in [9.17, 15) is 10.2 Å². The maximum absolute atomic E-state index is 9.39. The predicted octanol–water partition coefficient (Wildman–Crippen LogP) is -1.84. The molecule has 0 fully saturated rings. The Labute approximate surface area is 74.5 Å². The minimum atomic E-state index is -1.43. The molecule has 0 spiro atoms. The van der Waals surface area contributed by atoms with Crippen molar-refractivity contribution in [2.24, 2.45) is 0 Å². The Morgan fingerprint density at radius 3 is 2.54 bits per heavy atom. The normalized spacial score (nSPS) is 18.2. The second kappa shape index (κ2) is 4.33. The van der Waals surface area contributed by atoms with Crippen LogP contribution in [0.25, 0.3) is 0 Å². The molecule has 6 heteroatoms. The first-order chi connectivity index (χ1) is 6.16. The Morgan fingerprint density at radius 1 is 1.38 bits per heavy atom. The predicted molar refractivity (Wildman–Crippen MR) is 42.6 cm³/mol. The molecular weight excluding hydrogens is 176 g/mol. The van der Waals surface area contributed by atoms with E-state index in [0.717, 1.165) is 0 Å². The zero-order valence-corrected chi connectivity index (χ0v) is 6.83. The van der Waals surface area contributed by atoms with Crippen molar-refractivity contribution in [3.8, 4) is 0 Å². The Kier molecular flexibility index (Phi) is 3.38. The van der Waals surface area contributed by atoms with Crippen LogP contribution in [0.1, 0.15) is 11.8 Å². The monoisotopic (exact) mass is 188 g/mol. The molecule has 1 aromatic rings. The van der Waals surface area contributed by atoms with Crippen molar-refractivity contribution < 1.29 is 20.4 Å². The summed E-state index contributed by atoms with van der Waals surface area (Å²) in [7, 11) is 0. The molecule has 0 aliphatic carbocycles. The van der Waals surface area contributed by atoms with E-state index < -0.39 is 24.9 Å². The molecule has 0 radical (unpaired) electrons. The van der Waals surface area contributed by atoms with E-state index in [1.54, 1.807) is 0 Å². The molecule has 74 valence electrons. The lowest BCUT2D eigenvalue weighted by molar-refractivity contribution is -0.0788. The highest BCUT2D eigenvalue weighted by Gasteiger charge is 2.26. The molecule has 6 nitrogen and oxygen atoms in total. The van der Waals surface area contributed by atoms with Gasteiger partial charge in [0.2, 0.25) is 0 Å². The molecule has 0 unspecified atom stereocenters. The SMILES string of the molecule is OC[C@H](O)[C@H](O)[C@@H](O)c1cnc[nH]1. The smallest absolute Gasteiger partial charge is 0.124 e. The van der Waals surface area contributed by atoms with Gasteiger partial charge in [-0.05, 0) is 0 Å². The first-order valence-electron chi connectivity index (χ1n) is 3.80. The number of rotatable bonds is 4. The molecule has 1 heterocycles. The molecule has 0 aliphatic rings. The number of aliphatic hydroxyl groups is 4. The van der Waals surface area contributed by atoms with Crippen LogP contribution in [0.15, 0.2) is 12.5 Å². The van der Waals surface area contributed by atoms with Crippen LogP contribution in [-0.2, 0) is 0 Å². The van der Waals surface area contributed by atoms with Gasteiger partial charge in [-0.3, -0.25) is 0 Å². The van der Waals surface area contributed by atoms with Crippen LogP contribution < -0.4 is 0 Å². The summed E-state index contributed by atoms with van der Waals surface area (Å²) in [6, 6.07) is 0. The Bertz CT molecular complexity index is 239. The van der Waals surface area contributed by atoms with Crippen molar-refractivity contribution in [1.82, 2.24) is 9.97 Å². The third kappa shape index (κ3) is 2.25. The van der Waals surface area contributed by atoms with Crippen LogP contribution in [0, 0.1) is 0 Å². The van der Waals surface area contributed by atoms with Gasteiger partial charge in [-0.15, -0.1) is 0 Å². The summed E-state index contributed by atoms with van der Waals surface area (Å²) in [5.74, 6) is 0. The molecule has 3 atom stereocenters. The lowest BCUT2D eigenvalue weighted by Crippen LogP contribution is -2.34. The Hall–Kier alpha value is -0.950. The van der Waals surface area contributed by atoms with Gasteiger partial charge in [0.05, 0.1) is 24.8 Å². The van der Waals surface area contributed by atoms with Gasteiger partial charge in [0, 0.05) is 0 Å². The number of H-pyrrole nitrogens is 1. The van der Waals surface area contributed by atoms with Gasteiger partial charge >= 0.3 is 0 Å². The molecule has 1 aromatic heterocycles. The van der Waals surface area contributed by atoms with Gasteiger partial charge in [-0.1, -0.05) is 0 Å². The zero-order chi connectivity index (χ0) is 9.84. The van der Waals surface area contributed by atoms with E-state index in [2.05, 4.69) is 9.97 Å². The molecule has 0 aromatic carbocycles. The summed E-state index contributed by atoms with van der Waals surface area (Å²) in [5.41, 5.74) is 0.292. The fourth-order valence-corrected chi connectivity index (χ4v) is 0.931. The number of nitrogens with one attached hydrogen (secondary N) is 1. The average Bonchev–Trinajstić information content (AvgIpc) is 2.67. The zero-order valence-electron chi connectivity index (χ0n) is 6.83. The van der Waals surface area contributed by atoms with Gasteiger partial charge in [0.15, 0.2) is 0 Å². The van der Waals surface area contributed by atoms with Gasteiger partial charge in [-0.2, -0.15) is 0 Å². The van der Waals surface area contributed by atoms with Crippen LogP contribution in [0.2, 0.25) is 0 Å². The van der Waals surface area contributed by atoms with Crippen LogP contribution >= 0.6 is 0 Å². The minimum absolute atomic E-state index is 0.292. The quantitative estimate of drug-likeness (QED) is 0.381. The van der Waals surface area contributed by atoms with Crippen LogP contribution in [0.5, 0.6) is 0 Å². The van der Waals surface area contributed by atoms with E-state index >= 15 is 0 Å². The maximum Gasteiger partial charge on any atom is 0.124 e. The number of imidazole rings is 1. The van der Waals surface area contributed by atoms with Crippen molar-refractivity contribution >= 4 is 0 Å². The highest BCUT2D eigenvalue weighted by Crippen LogP contribution is 2.15. The molecule has 1 rings (SSSR count). The van der Waals surface area contributed by atoms with E-state index in [0.29, 0.717) is 5.69 Å². The first kappa shape index (κ1) is 10.1. The number of nitrogens with zero attached hydrogens (tertiary/aromatic N) is 1. The van der Waals surface area contributed by atoms with Gasteiger partial charge in [-0.25, -0.2) is 4.98 Å². The number of aromatic amines is 1. The molecule has 5 N–H and O–H groups in total. The van der Waals surface area contributed by atoms with Crippen molar-refractivity contribution in [2.75, 3.05) is 6.61 Å². The molecule has 13 heavy (non-hydrogen) atoms. The van der Waals surface area contributed by atoms with E-state index in [1.807, 2.05) is 0 Å². The average molecular weight is 188 g/mol. The van der Waals surface area contributed by atoms with Crippen molar-refractivity contribution in [2.45, 2.75) is 18.3 Å². The highest BCUT2D eigenvalue weighted by molar-refractivity contribution is 5.02. The second-order valence-electron chi connectivity index (χ2n) is 2.69. The summed E-state index contributed by atoms with van der Waals surface area (Å²) >= 11 is 0. The molecule has 0 saturated carbocycles. The fourth-order valence-electron chi connectivity index (χ4n) is 0.931. The topological polar surface area (TPSA) is 110 Å². The van der Waals surface area contributed by atoms with Crippen LogP contribution in [-0.4, -0.2) is 49.2 Å². The summed E-state index contributed by atoms with van der Waals surface area (Å²) in [6.07, 6.45) is -1.39. The lowest BCUT2D eigenvalue weighted by Gasteiger charge is -2.20. The van der Waals surface area contributed by atoms with Gasteiger partial charge < -0.3 is 25.4 Å². The lowest BCUT2D eigenvalue weighted by atomic mass is 10.1. The summed E-state index contributed by atoms with van der Waals surface area (Å²) in [4.78, 5) is 6.22. The first-order valence-corrected chi connectivity index (χ1v) is 3.80. The maximum atomic E-state index is 9.39. The Morgan fingerprint density at radius 2 is 2.08 bits per heavy atom. The number of aromatic nitrogens is 2. The molecule has 0 amide bonds. The third-order valence-electron chi connectivity index (χ3n) is 1.74. The second-order valence-corrected chi connectivity index (χ2v) is 2.69. The van der Waals surface area contributed by atoms with Gasteiger partial charge in [0.1, 0.15) is 18.3 Å². The largest absolute Gasteiger partial charge is 0.394 e. The Balaban J connectivity index is 2.62. The van der Waals surface area contributed by atoms with Crippen LogP contribution in [0.3, 0.4) is 0 Å². The number of hydrogen-bond acceptors (Lipinski definition) is 5. The van der Waals surface area contributed by atoms with E-state index in [4.69, 9.17) is 10.2 Å². The van der Waals surface area contributed by atoms with Crippen molar-refractivity contribution in [3.05, 3.63) is 18.2 Å². The minimum Gasteiger partial charge on any atom is -0.394 e. The van der Waals surface area contributed by atoms with Crippen LogP contribution in [0.4, 0.5) is 0 Å². The number of hydrogen-bond donors (Lipinski definition) is 5. The summed E-state index contributed by atoms with van der Waals surface area (Å²) in [6.45, 7) is -0.605. The van der Waals surface area contributed by atoms with Crippen molar-refractivity contribution in [3.63, 3.8) is 0 Å². The standard InChI is InChI=1S/C7H12N2O4/c10-2-5(11)7(13)6(12)4-1-8-3-9-4/h1,3,5-7,10-13H,2H2,(H,8,9)/t5-,6-,7-/m0/s1. The molecule has 0 bridgehead atoms. The summed E-state index contributed by atoms with van der Waals surface area (Å²) < 4.78 is 0. The van der Waals surface area contributed by atoms with E-state index in [-0.39, 0.29) is 0 Å². The molecule has 0 aliphatic heterocycles. The molecule has 0 saturated heterocycles. The summed E-state index contributed by atoms with van der Waals surface area (Å²) in [5, 5.41) is 36.1. The molecular formula is C7H12N2O4. The van der Waals surface area contributed by atoms with Gasteiger partial charge in [0.25, 0.3) is 0 Å². The highest BCUT2D eigenvalue weighted by atomic mass is 16.4. The van der Waals surface area contributed by atoms with Crippen molar-refractivity contribution in [1.29, 1.82) is 0 Å². The third-order valence-corrected chi connectivity index (χ3v) is 1.74. The fraction of sp³-hybridized carbons (Fsp3) is 0.571. The van der Waals surface area contributed by atoms with E-state index in [1.165, 1.54) is 12.5 Å².